The van der Waals surface area contributed by atoms with E-state index in [2.05, 4.69) is 0 Å². The molecule has 0 aliphatic carbocycles. The molecule has 5 nitrogen and oxygen atoms in total. The average Bonchev–Trinajstić information content (AvgIpc) is 3.02. The monoisotopic (exact) mass is 409 g/mol. The SMILES string of the molecule is Cc1cc(C(=O)COC(=O)[C@H](C)Oc2ccccc2)c(C)n1Cc1ccc(F)cc1. The van der Waals surface area contributed by atoms with Gasteiger partial charge in [0.05, 0.1) is 0 Å². The number of hydrogen-bond acceptors (Lipinski definition) is 4. The van der Waals surface area contributed by atoms with Crippen LogP contribution in [0.15, 0.2) is 60.7 Å². The molecule has 0 aliphatic rings. The molecular weight excluding hydrogens is 385 g/mol. The van der Waals surface area contributed by atoms with Crippen LogP contribution < -0.4 is 4.74 Å². The first kappa shape index (κ1) is 21.3. The fourth-order valence-corrected chi connectivity index (χ4v) is 3.18. The van der Waals surface area contributed by atoms with Crippen molar-refractivity contribution in [2.45, 2.75) is 33.4 Å². The predicted octanol–water partition coefficient (Wildman–Crippen LogP) is 4.49. The molecule has 0 spiro atoms. The van der Waals surface area contributed by atoms with Crippen LogP contribution in [0, 0.1) is 19.7 Å². The zero-order valence-electron chi connectivity index (χ0n) is 17.2. The van der Waals surface area contributed by atoms with Crippen LogP contribution in [0.3, 0.4) is 0 Å². The maximum Gasteiger partial charge on any atom is 0.347 e. The number of hydrogen-bond donors (Lipinski definition) is 0. The van der Waals surface area contributed by atoms with Gasteiger partial charge in [-0.2, -0.15) is 0 Å². The van der Waals surface area contributed by atoms with Crippen molar-refractivity contribution in [3.05, 3.63) is 89.0 Å². The highest BCUT2D eigenvalue weighted by atomic mass is 19.1. The number of ether oxygens (including phenoxy) is 2. The minimum Gasteiger partial charge on any atom is -0.479 e. The second-order valence-corrected chi connectivity index (χ2v) is 7.10. The van der Waals surface area contributed by atoms with Crippen LogP contribution in [0.5, 0.6) is 5.75 Å². The van der Waals surface area contributed by atoms with Crippen LogP contribution in [0.2, 0.25) is 0 Å². The van der Waals surface area contributed by atoms with Crippen LogP contribution in [0.25, 0.3) is 0 Å². The standard InChI is InChI=1S/C24H24FNO4/c1-16-13-22(17(2)26(16)14-19-9-11-20(25)12-10-19)23(27)15-29-24(28)18(3)30-21-7-5-4-6-8-21/h4-13,18H,14-15H2,1-3H3/t18-/m0/s1. The Balaban J connectivity index is 1.61. The first-order valence-corrected chi connectivity index (χ1v) is 9.68. The van der Waals surface area contributed by atoms with Crippen LogP contribution in [-0.2, 0) is 16.1 Å². The third kappa shape index (κ3) is 5.14. The quantitative estimate of drug-likeness (QED) is 0.406. The van der Waals surface area contributed by atoms with Gasteiger partial charge in [-0.05, 0) is 56.7 Å². The molecule has 1 atom stereocenters. The maximum atomic E-state index is 13.1. The minimum atomic E-state index is -0.828. The molecule has 3 rings (SSSR count). The Morgan fingerprint density at radius 2 is 1.70 bits per heavy atom. The lowest BCUT2D eigenvalue weighted by atomic mass is 10.1. The molecular formula is C24H24FNO4. The van der Waals surface area contributed by atoms with E-state index < -0.39 is 12.1 Å². The van der Waals surface area contributed by atoms with Gasteiger partial charge in [0.2, 0.25) is 5.78 Å². The highest BCUT2D eigenvalue weighted by molar-refractivity contribution is 5.99. The maximum absolute atomic E-state index is 13.1. The molecule has 2 aromatic carbocycles. The Morgan fingerprint density at radius 1 is 1.03 bits per heavy atom. The number of halogens is 1. The third-order valence-electron chi connectivity index (χ3n) is 4.86. The lowest BCUT2D eigenvalue weighted by Crippen LogP contribution is -2.28. The summed E-state index contributed by atoms with van der Waals surface area (Å²) in [7, 11) is 0. The highest BCUT2D eigenvalue weighted by Gasteiger charge is 2.21. The molecule has 3 aromatic rings. The predicted molar refractivity (Wildman–Crippen MR) is 111 cm³/mol. The van der Waals surface area contributed by atoms with Gasteiger partial charge >= 0.3 is 5.97 Å². The van der Waals surface area contributed by atoms with E-state index in [1.54, 1.807) is 49.4 Å². The summed E-state index contributed by atoms with van der Waals surface area (Å²) in [6, 6.07) is 17.0. The van der Waals surface area contributed by atoms with Gasteiger partial charge in [-0.3, -0.25) is 4.79 Å². The summed E-state index contributed by atoms with van der Waals surface area (Å²) in [6.07, 6.45) is -0.828. The normalized spacial score (nSPS) is 11.7. The largest absolute Gasteiger partial charge is 0.479 e. The average molecular weight is 409 g/mol. The zero-order chi connectivity index (χ0) is 21.7. The molecule has 1 heterocycles. The van der Waals surface area contributed by atoms with Crippen molar-refractivity contribution in [2.24, 2.45) is 0 Å². The van der Waals surface area contributed by atoms with Crippen LogP contribution >= 0.6 is 0 Å². The number of Topliss-reactive ketones (excluding diaryl/α,β-unsaturated/α-hetero) is 1. The van der Waals surface area contributed by atoms with Crippen molar-refractivity contribution in [1.82, 2.24) is 4.57 Å². The number of aryl methyl sites for hydroxylation is 1. The van der Waals surface area contributed by atoms with Gasteiger partial charge in [-0.15, -0.1) is 0 Å². The molecule has 0 saturated carbocycles. The van der Waals surface area contributed by atoms with Gasteiger partial charge in [0.15, 0.2) is 12.7 Å². The number of aromatic nitrogens is 1. The zero-order valence-corrected chi connectivity index (χ0v) is 17.2. The number of rotatable bonds is 8. The fourth-order valence-electron chi connectivity index (χ4n) is 3.18. The molecule has 0 radical (unpaired) electrons. The Hall–Kier alpha value is -3.41. The lowest BCUT2D eigenvalue weighted by molar-refractivity contribution is -0.149. The van der Waals surface area contributed by atoms with Crippen molar-refractivity contribution in [3.63, 3.8) is 0 Å². The molecule has 0 unspecified atom stereocenters. The minimum absolute atomic E-state index is 0.284. The molecule has 0 amide bonds. The van der Waals surface area contributed by atoms with Gasteiger partial charge in [-0.25, -0.2) is 9.18 Å². The van der Waals surface area contributed by atoms with E-state index in [4.69, 9.17) is 9.47 Å². The van der Waals surface area contributed by atoms with Gasteiger partial charge in [0.1, 0.15) is 11.6 Å². The number of ketones is 1. The van der Waals surface area contributed by atoms with E-state index in [1.165, 1.54) is 12.1 Å². The van der Waals surface area contributed by atoms with Crippen molar-refractivity contribution in [3.8, 4) is 5.75 Å². The van der Waals surface area contributed by atoms with Crippen molar-refractivity contribution >= 4 is 11.8 Å². The molecule has 0 fully saturated rings. The summed E-state index contributed by atoms with van der Waals surface area (Å²) in [4.78, 5) is 24.8. The Kier molecular flexibility index (Phi) is 6.67. The van der Waals surface area contributed by atoms with Crippen LogP contribution in [0.4, 0.5) is 4.39 Å². The number of benzene rings is 2. The topological polar surface area (TPSA) is 57.5 Å². The van der Waals surface area contributed by atoms with Crippen molar-refractivity contribution in [1.29, 1.82) is 0 Å². The summed E-state index contributed by atoms with van der Waals surface area (Å²) in [5.74, 6) is -0.624. The second kappa shape index (κ2) is 9.39. The molecule has 0 N–H and O–H groups in total. The molecule has 1 aromatic heterocycles. The van der Waals surface area contributed by atoms with Crippen LogP contribution in [0.1, 0.15) is 34.2 Å². The summed E-state index contributed by atoms with van der Waals surface area (Å²) >= 11 is 0. The summed E-state index contributed by atoms with van der Waals surface area (Å²) in [6.45, 7) is 5.48. The molecule has 0 bridgehead atoms. The number of carbonyl (C=O) groups is 2. The summed E-state index contributed by atoms with van der Waals surface area (Å²) in [5, 5.41) is 0. The van der Waals surface area contributed by atoms with E-state index in [9.17, 15) is 14.0 Å². The van der Waals surface area contributed by atoms with E-state index in [1.807, 2.05) is 24.5 Å². The van der Waals surface area contributed by atoms with Gasteiger partial charge in [0, 0.05) is 23.5 Å². The lowest BCUT2D eigenvalue weighted by Gasteiger charge is -2.13. The molecule has 156 valence electrons. The van der Waals surface area contributed by atoms with Gasteiger partial charge in [-0.1, -0.05) is 30.3 Å². The number of para-hydroxylation sites is 1. The summed E-state index contributed by atoms with van der Waals surface area (Å²) < 4.78 is 25.8. The van der Waals surface area contributed by atoms with Gasteiger partial charge in [0.25, 0.3) is 0 Å². The number of esters is 1. The fraction of sp³-hybridized carbons (Fsp3) is 0.250. The second-order valence-electron chi connectivity index (χ2n) is 7.10. The van der Waals surface area contributed by atoms with Crippen molar-refractivity contribution in [2.75, 3.05) is 6.61 Å². The first-order valence-electron chi connectivity index (χ1n) is 9.68. The Labute approximate surface area is 175 Å². The number of carbonyl (C=O) groups excluding carboxylic acids is 2. The van der Waals surface area contributed by atoms with E-state index in [0.717, 1.165) is 17.0 Å². The van der Waals surface area contributed by atoms with E-state index in [0.29, 0.717) is 17.9 Å². The smallest absolute Gasteiger partial charge is 0.347 e. The third-order valence-corrected chi connectivity index (χ3v) is 4.86. The van der Waals surface area contributed by atoms with E-state index >= 15 is 0 Å². The van der Waals surface area contributed by atoms with Crippen LogP contribution in [-0.4, -0.2) is 29.0 Å². The van der Waals surface area contributed by atoms with Gasteiger partial charge < -0.3 is 14.0 Å². The molecule has 0 aliphatic heterocycles. The molecule has 0 saturated heterocycles. The summed E-state index contributed by atoms with van der Waals surface area (Å²) in [5.41, 5.74) is 3.09. The van der Waals surface area contributed by atoms with E-state index in [-0.39, 0.29) is 18.2 Å². The van der Waals surface area contributed by atoms with Crippen molar-refractivity contribution < 1.29 is 23.5 Å². The highest BCUT2D eigenvalue weighted by Crippen LogP contribution is 2.18. The number of nitrogens with zero attached hydrogens (tertiary/aromatic N) is 1. The Morgan fingerprint density at radius 3 is 2.37 bits per heavy atom. The Bertz CT molecular complexity index is 1030. The molecule has 6 heteroatoms. The molecule has 30 heavy (non-hydrogen) atoms. The first-order chi connectivity index (χ1) is 14.3.